The standard InChI is InChI=1S/C20H19N3O/c24-20(19-13-21-14-23(19)16-9-2-1-3-10-16)22-18-12-6-8-15-7-4-5-11-17(15)18/h1-5,7,9-11,13-14,18H,6,8,12H2,(H,22,24)/t18-/m0/s1. The monoisotopic (exact) mass is 317 g/mol. The molecular weight excluding hydrogens is 298 g/mol. The molecule has 1 aliphatic rings. The quantitative estimate of drug-likeness (QED) is 0.801. The summed E-state index contributed by atoms with van der Waals surface area (Å²) in [7, 11) is 0. The highest BCUT2D eigenvalue weighted by Gasteiger charge is 2.23. The number of aryl methyl sites for hydroxylation is 1. The molecule has 1 amide bonds. The van der Waals surface area contributed by atoms with E-state index in [4.69, 9.17) is 0 Å². The van der Waals surface area contributed by atoms with Crippen molar-refractivity contribution in [3.8, 4) is 5.69 Å². The molecule has 1 N–H and O–H groups in total. The van der Waals surface area contributed by atoms with Gasteiger partial charge in [-0.15, -0.1) is 0 Å². The second kappa shape index (κ2) is 6.32. The van der Waals surface area contributed by atoms with E-state index in [1.54, 1.807) is 12.5 Å². The lowest BCUT2D eigenvalue weighted by atomic mass is 9.88. The average Bonchev–Trinajstić information content (AvgIpc) is 3.13. The van der Waals surface area contributed by atoms with Crippen molar-refractivity contribution in [3.05, 3.63) is 83.9 Å². The first-order chi connectivity index (χ1) is 11.8. The summed E-state index contributed by atoms with van der Waals surface area (Å²) in [6.45, 7) is 0. The first-order valence-electron chi connectivity index (χ1n) is 8.29. The predicted molar refractivity (Wildman–Crippen MR) is 93.2 cm³/mol. The number of nitrogens with zero attached hydrogens (tertiary/aromatic N) is 2. The third-order valence-corrected chi connectivity index (χ3v) is 4.58. The predicted octanol–water partition coefficient (Wildman–Crippen LogP) is 3.68. The lowest BCUT2D eigenvalue weighted by molar-refractivity contribution is 0.0926. The number of benzene rings is 2. The number of carbonyl (C=O) groups is 1. The smallest absolute Gasteiger partial charge is 0.270 e. The Morgan fingerprint density at radius 1 is 1.08 bits per heavy atom. The molecule has 0 spiro atoms. The molecule has 2 aromatic carbocycles. The Morgan fingerprint density at radius 2 is 1.88 bits per heavy atom. The molecule has 120 valence electrons. The van der Waals surface area contributed by atoms with Crippen LogP contribution in [0.2, 0.25) is 0 Å². The molecule has 1 aliphatic carbocycles. The molecular formula is C20H19N3O. The van der Waals surface area contributed by atoms with Gasteiger partial charge in [0.2, 0.25) is 0 Å². The fourth-order valence-electron chi connectivity index (χ4n) is 3.39. The second-order valence-corrected chi connectivity index (χ2v) is 6.10. The first-order valence-corrected chi connectivity index (χ1v) is 8.29. The van der Waals surface area contributed by atoms with E-state index in [9.17, 15) is 4.79 Å². The lowest BCUT2D eigenvalue weighted by Crippen LogP contribution is -2.32. The van der Waals surface area contributed by atoms with Gasteiger partial charge in [-0.05, 0) is 42.5 Å². The number of aromatic nitrogens is 2. The number of rotatable bonds is 3. The van der Waals surface area contributed by atoms with Crippen molar-refractivity contribution in [2.45, 2.75) is 25.3 Å². The maximum atomic E-state index is 12.8. The van der Waals surface area contributed by atoms with E-state index < -0.39 is 0 Å². The molecule has 1 aromatic heterocycles. The Balaban J connectivity index is 1.60. The number of fused-ring (bicyclic) bond motifs is 1. The van der Waals surface area contributed by atoms with Gasteiger partial charge < -0.3 is 5.32 Å². The third-order valence-electron chi connectivity index (χ3n) is 4.58. The van der Waals surface area contributed by atoms with Crippen LogP contribution in [-0.4, -0.2) is 15.5 Å². The summed E-state index contributed by atoms with van der Waals surface area (Å²) in [5, 5.41) is 3.19. The number of carbonyl (C=O) groups excluding carboxylic acids is 1. The Bertz CT molecular complexity index is 854. The van der Waals surface area contributed by atoms with E-state index in [-0.39, 0.29) is 11.9 Å². The Labute approximate surface area is 141 Å². The minimum absolute atomic E-state index is 0.0709. The van der Waals surface area contributed by atoms with Gasteiger partial charge in [0, 0.05) is 5.69 Å². The Kier molecular flexibility index (Phi) is 3.87. The zero-order chi connectivity index (χ0) is 16.4. The number of hydrogen-bond donors (Lipinski definition) is 1. The molecule has 4 heteroatoms. The van der Waals surface area contributed by atoms with Crippen molar-refractivity contribution in [2.75, 3.05) is 0 Å². The molecule has 0 radical (unpaired) electrons. The van der Waals surface area contributed by atoms with Gasteiger partial charge in [0.05, 0.1) is 18.6 Å². The van der Waals surface area contributed by atoms with Gasteiger partial charge in [-0.2, -0.15) is 0 Å². The van der Waals surface area contributed by atoms with Crippen LogP contribution in [-0.2, 0) is 6.42 Å². The molecule has 3 aromatic rings. The molecule has 0 saturated carbocycles. The molecule has 0 bridgehead atoms. The summed E-state index contributed by atoms with van der Waals surface area (Å²) in [5.41, 5.74) is 4.07. The van der Waals surface area contributed by atoms with Gasteiger partial charge in [0.25, 0.3) is 5.91 Å². The highest BCUT2D eigenvalue weighted by Crippen LogP contribution is 2.29. The molecule has 24 heavy (non-hydrogen) atoms. The molecule has 0 unspecified atom stereocenters. The average molecular weight is 317 g/mol. The van der Waals surface area contributed by atoms with Crippen LogP contribution in [0.15, 0.2) is 67.1 Å². The van der Waals surface area contributed by atoms with E-state index in [2.05, 4.69) is 28.5 Å². The van der Waals surface area contributed by atoms with Crippen molar-refractivity contribution < 1.29 is 4.79 Å². The lowest BCUT2D eigenvalue weighted by Gasteiger charge is -2.26. The topological polar surface area (TPSA) is 46.9 Å². The van der Waals surface area contributed by atoms with Gasteiger partial charge >= 0.3 is 0 Å². The largest absolute Gasteiger partial charge is 0.344 e. The number of imidazole rings is 1. The van der Waals surface area contributed by atoms with Crippen molar-refractivity contribution in [3.63, 3.8) is 0 Å². The third kappa shape index (κ3) is 2.71. The molecule has 0 aliphatic heterocycles. The molecule has 4 rings (SSSR count). The van der Waals surface area contributed by atoms with Crippen LogP contribution < -0.4 is 5.32 Å². The van der Waals surface area contributed by atoms with E-state index in [0.29, 0.717) is 5.69 Å². The van der Waals surface area contributed by atoms with Crippen molar-refractivity contribution in [2.24, 2.45) is 0 Å². The minimum atomic E-state index is -0.0851. The minimum Gasteiger partial charge on any atom is -0.344 e. The number of para-hydroxylation sites is 1. The highest BCUT2D eigenvalue weighted by molar-refractivity contribution is 5.93. The maximum absolute atomic E-state index is 12.8. The van der Waals surface area contributed by atoms with Crippen LogP contribution in [0.3, 0.4) is 0 Å². The van der Waals surface area contributed by atoms with Gasteiger partial charge in [-0.3, -0.25) is 9.36 Å². The fraction of sp³-hybridized carbons (Fsp3) is 0.200. The molecule has 0 fully saturated rings. The summed E-state index contributed by atoms with van der Waals surface area (Å²) in [5.74, 6) is -0.0851. The summed E-state index contributed by atoms with van der Waals surface area (Å²) in [6.07, 6.45) is 6.46. The maximum Gasteiger partial charge on any atom is 0.270 e. The highest BCUT2D eigenvalue weighted by atomic mass is 16.2. The molecule has 4 nitrogen and oxygen atoms in total. The van der Waals surface area contributed by atoms with Crippen LogP contribution in [0, 0.1) is 0 Å². The van der Waals surface area contributed by atoms with Gasteiger partial charge in [0.15, 0.2) is 0 Å². The van der Waals surface area contributed by atoms with Crippen LogP contribution in [0.1, 0.15) is 40.5 Å². The van der Waals surface area contributed by atoms with Crippen LogP contribution >= 0.6 is 0 Å². The Hall–Kier alpha value is -2.88. The number of hydrogen-bond acceptors (Lipinski definition) is 2. The van der Waals surface area contributed by atoms with E-state index >= 15 is 0 Å². The molecule has 1 heterocycles. The van der Waals surface area contributed by atoms with Crippen LogP contribution in [0.25, 0.3) is 5.69 Å². The zero-order valence-electron chi connectivity index (χ0n) is 13.4. The second-order valence-electron chi connectivity index (χ2n) is 6.10. The number of amides is 1. The molecule has 1 atom stereocenters. The first kappa shape index (κ1) is 14.7. The van der Waals surface area contributed by atoms with Crippen LogP contribution in [0.5, 0.6) is 0 Å². The fourth-order valence-corrected chi connectivity index (χ4v) is 3.39. The van der Waals surface area contributed by atoms with E-state index in [1.807, 2.05) is 41.0 Å². The summed E-state index contributed by atoms with van der Waals surface area (Å²) in [6, 6.07) is 18.2. The summed E-state index contributed by atoms with van der Waals surface area (Å²) in [4.78, 5) is 17.0. The van der Waals surface area contributed by atoms with Crippen molar-refractivity contribution in [1.82, 2.24) is 14.9 Å². The SMILES string of the molecule is O=C(N[C@H]1CCCc2ccccc21)c1cncn1-c1ccccc1. The van der Waals surface area contributed by atoms with Crippen molar-refractivity contribution >= 4 is 5.91 Å². The van der Waals surface area contributed by atoms with Crippen LogP contribution in [0.4, 0.5) is 0 Å². The van der Waals surface area contributed by atoms with Gasteiger partial charge in [0.1, 0.15) is 5.69 Å². The van der Waals surface area contributed by atoms with Crippen molar-refractivity contribution in [1.29, 1.82) is 0 Å². The number of nitrogens with one attached hydrogen (secondary N) is 1. The summed E-state index contributed by atoms with van der Waals surface area (Å²) >= 11 is 0. The van der Waals surface area contributed by atoms with E-state index in [0.717, 1.165) is 24.9 Å². The Morgan fingerprint density at radius 3 is 2.75 bits per heavy atom. The summed E-state index contributed by atoms with van der Waals surface area (Å²) < 4.78 is 1.82. The normalized spacial score (nSPS) is 16.4. The van der Waals surface area contributed by atoms with E-state index in [1.165, 1.54) is 11.1 Å². The molecule has 0 saturated heterocycles. The van der Waals surface area contributed by atoms with Gasteiger partial charge in [-0.25, -0.2) is 4.98 Å². The van der Waals surface area contributed by atoms with Gasteiger partial charge in [-0.1, -0.05) is 42.5 Å². The zero-order valence-corrected chi connectivity index (χ0v) is 13.4.